The summed E-state index contributed by atoms with van der Waals surface area (Å²) in [6.07, 6.45) is 6.71. The highest BCUT2D eigenvalue weighted by atomic mass is 32.2. The molecule has 1 amide bonds. The zero-order valence-corrected chi connectivity index (χ0v) is 16.6. The Labute approximate surface area is 160 Å². The number of aryl methyl sites for hydroxylation is 1. The number of carbonyl (C=O) groups is 1. The van der Waals surface area contributed by atoms with Gasteiger partial charge in [0.15, 0.2) is 0 Å². The van der Waals surface area contributed by atoms with Crippen molar-refractivity contribution in [2.45, 2.75) is 25.2 Å². The molecule has 2 saturated heterocycles. The average molecular weight is 397 g/mol. The second-order valence-corrected chi connectivity index (χ2v) is 10.0. The minimum atomic E-state index is -3.35. The summed E-state index contributed by atoms with van der Waals surface area (Å²) < 4.78 is 34.6. The molecule has 150 valence electrons. The van der Waals surface area contributed by atoms with E-state index in [4.69, 9.17) is 4.74 Å². The number of hydrogen-bond acceptors (Lipinski definition) is 5. The van der Waals surface area contributed by atoms with Crippen molar-refractivity contribution in [3.63, 3.8) is 0 Å². The van der Waals surface area contributed by atoms with E-state index in [9.17, 15) is 13.2 Å². The third kappa shape index (κ3) is 3.90. The largest absolute Gasteiger partial charge is 0.378 e. The standard InChI is InChI=1S/C18H28N4O4S/c1-20-11-17(19-13-20)15-9-22(27(24,25)12-14-3-2-4-14)10-16(15)18(23)21-5-7-26-8-6-21/h11,13-16H,2-10,12H2,1H3/t15-,16-/m1/s1. The third-order valence-electron chi connectivity index (χ3n) is 6.10. The van der Waals surface area contributed by atoms with E-state index in [1.807, 2.05) is 22.7 Å². The van der Waals surface area contributed by atoms with Crippen LogP contribution in [-0.2, 0) is 26.6 Å². The molecule has 1 aromatic heterocycles. The molecule has 0 bridgehead atoms. The molecule has 3 heterocycles. The van der Waals surface area contributed by atoms with Crippen LogP contribution in [-0.4, -0.2) is 78.2 Å². The number of rotatable bonds is 5. The summed E-state index contributed by atoms with van der Waals surface area (Å²) in [4.78, 5) is 19.4. The molecule has 2 aliphatic heterocycles. The summed E-state index contributed by atoms with van der Waals surface area (Å²) in [5.74, 6) is -0.0695. The Morgan fingerprint density at radius 1 is 1.26 bits per heavy atom. The molecule has 0 aromatic carbocycles. The molecule has 1 aliphatic carbocycles. The van der Waals surface area contributed by atoms with Crippen LogP contribution in [0.3, 0.4) is 0 Å². The van der Waals surface area contributed by atoms with Crippen LogP contribution >= 0.6 is 0 Å². The summed E-state index contributed by atoms with van der Waals surface area (Å²) in [6.45, 7) is 2.81. The fourth-order valence-electron chi connectivity index (χ4n) is 4.25. The van der Waals surface area contributed by atoms with Gasteiger partial charge in [-0.25, -0.2) is 17.7 Å². The maximum Gasteiger partial charge on any atom is 0.227 e. The second kappa shape index (κ2) is 7.52. The molecule has 3 fully saturated rings. The first-order chi connectivity index (χ1) is 12.9. The number of morpholine rings is 1. The topological polar surface area (TPSA) is 84.7 Å². The van der Waals surface area contributed by atoms with E-state index in [-0.39, 0.29) is 36.0 Å². The van der Waals surface area contributed by atoms with Crippen LogP contribution in [0.15, 0.2) is 12.5 Å². The first-order valence-corrected chi connectivity index (χ1v) is 11.4. The van der Waals surface area contributed by atoms with Gasteiger partial charge in [0.1, 0.15) is 0 Å². The Morgan fingerprint density at radius 2 is 2.00 bits per heavy atom. The highest BCUT2D eigenvalue weighted by Crippen LogP contribution is 2.36. The molecule has 9 heteroatoms. The van der Waals surface area contributed by atoms with Gasteiger partial charge in [-0.1, -0.05) is 6.42 Å². The van der Waals surface area contributed by atoms with Gasteiger partial charge in [0, 0.05) is 45.3 Å². The minimum absolute atomic E-state index is 0.0234. The van der Waals surface area contributed by atoms with Crippen molar-refractivity contribution in [3.05, 3.63) is 18.2 Å². The number of imidazole rings is 1. The summed E-state index contributed by atoms with van der Waals surface area (Å²) in [5, 5.41) is 0. The number of amides is 1. The van der Waals surface area contributed by atoms with E-state index in [0.29, 0.717) is 32.8 Å². The van der Waals surface area contributed by atoms with Crippen LogP contribution in [0.25, 0.3) is 0 Å². The van der Waals surface area contributed by atoms with E-state index in [1.54, 1.807) is 6.33 Å². The molecule has 0 radical (unpaired) electrons. The van der Waals surface area contributed by atoms with E-state index in [1.165, 1.54) is 4.31 Å². The van der Waals surface area contributed by atoms with Crippen molar-refractivity contribution in [1.29, 1.82) is 0 Å². The number of hydrogen-bond donors (Lipinski definition) is 0. The van der Waals surface area contributed by atoms with E-state index >= 15 is 0 Å². The SMILES string of the molecule is Cn1cnc([C@@H]2CN(S(=O)(=O)CC3CCC3)C[C@H]2C(=O)N2CCOCC2)c1. The lowest BCUT2D eigenvalue weighted by Gasteiger charge is -2.30. The quantitative estimate of drug-likeness (QED) is 0.720. The van der Waals surface area contributed by atoms with Crippen LogP contribution < -0.4 is 0 Å². The van der Waals surface area contributed by atoms with Crippen molar-refractivity contribution in [3.8, 4) is 0 Å². The van der Waals surface area contributed by atoms with Crippen molar-refractivity contribution >= 4 is 15.9 Å². The Kier molecular flexibility index (Phi) is 5.26. The van der Waals surface area contributed by atoms with Crippen LogP contribution in [0.5, 0.6) is 0 Å². The normalized spacial score (nSPS) is 27.7. The molecule has 3 aliphatic rings. The molecule has 2 atom stereocenters. The smallest absolute Gasteiger partial charge is 0.227 e. The summed E-state index contributed by atoms with van der Waals surface area (Å²) >= 11 is 0. The summed E-state index contributed by atoms with van der Waals surface area (Å²) in [7, 11) is -1.46. The predicted molar refractivity (Wildman–Crippen MR) is 99.5 cm³/mol. The predicted octanol–water partition coefficient (Wildman–Crippen LogP) is 0.424. The van der Waals surface area contributed by atoms with Gasteiger partial charge in [-0.2, -0.15) is 0 Å². The van der Waals surface area contributed by atoms with Gasteiger partial charge < -0.3 is 14.2 Å². The molecule has 0 spiro atoms. The highest BCUT2D eigenvalue weighted by Gasteiger charge is 2.46. The zero-order valence-electron chi connectivity index (χ0n) is 15.8. The van der Waals surface area contributed by atoms with Gasteiger partial charge in [0.25, 0.3) is 0 Å². The number of sulfonamides is 1. The Hall–Kier alpha value is -1.45. The molecule has 1 aromatic rings. The van der Waals surface area contributed by atoms with Crippen LogP contribution in [0.2, 0.25) is 0 Å². The van der Waals surface area contributed by atoms with E-state index < -0.39 is 10.0 Å². The molecule has 4 rings (SSSR count). The molecule has 8 nitrogen and oxygen atoms in total. The monoisotopic (exact) mass is 396 g/mol. The maximum absolute atomic E-state index is 13.2. The number of ether oxygens (including phenoxy) is 1. The Morgan fingerprint density at radius 3 is 2.59 bits per heavy atom. The minimum Gasteiger partial charge on any atom is -0.378 e. The van der Waals surface area contributed by atoms with Crippen molar-refractivity contribution < 1.29 is 17.9 Å². The highest BCUT2D eigenvalue weighted by molar-refractivity contribution is 7.89. The maximum atomic E-state index is 13.2. The van der Waals surface area contributed by atoms with Crippen molar-refractivity contribution in [2.24, 2.45) is 18.9 Å². The second-order valence-electron chi connectivity index (χ2n) is 8.01. The molecule has 0 N–H and O–H groups in total. The third-order valence-corrected chi connectivity index (χ3v) is 8.07. The van der Waals surface area contributed by atoms with Crippen molar-refractivity contribution in [2.75, 3.05) is 45.1 Å². The zero-order chi connectivity index (χ0) is 19.0. The number of carbonyl (C=O) groups excluding carboxylic acids is 1. The summed E-state index contributed by atoms with van der Waals surface area (Å²) in [6, 6.07) is 0. The lowest BCUT2D eigenvalue weighted by molar-refractivity contribution is -0.139. The van der Waals surface area contributed by atoms with Crippen LogP contribution in [0.1, 0.15) is 30.9 Å². The van der Waals surface area contributed by atoms with E-state index in [2.05, 4.69) is 4.98 Å². The van der Waals surface area contributed by atoms with Gasteiger partial charge in [0.05, 0.1) is 36.9 Å². The van der Waals surface area contributed by atoms with Gasteiger partial charge >= 0.3 is 0 Å². The van der Waals surface area contributed by atoms with E-state index in [0.717, 1.165) is 25.0 Å². The van der Waals surface area contributed by atoms with Gasteiger partial charge in [0.2, 0.25) is 15.9 Å². The first-order valence-electron chi connectivity index (χ1n) is 9.76. The molecular formula is C18H28N4O4S. The van der Waals surface area contributed by atoms with Crippen LogP contribution in [0, 0.1) is 11.8 Å². The van der Waals surface area contributed by atoms with Crippen LogP contribution in [0.4, 0.5) is 0 Å². The fraction of sp³-hybridized carbons (Fsp3) is 0.778. The lowest BCUT2D eigenvalue weighted by Crippen LogP contribution is -2.45. The first kappa shape index (κ1) is 18.9. The van der Waals surface area contributed by atoms with Gasteiger partial charge in [-0.3, -0.25) is 4.79 Å². The molecule has 0 unspecified atom stereocenters. The Balaban J connectivity index is 1.55. The van der Waals surface area contributed by atoms with Crippen molar-refractivity contribution in [1.82, 2.24) is 18.8 Å². The fourth-order valence-corrected chi connectivity index (χ4v) is 6.17. The Bertz CT molecular complexity index is 783. The molecule has 1 saturated carbocycles. The number of nitrogens with zero attached hydrogens (tertiary/aromatic N) is 4. The molecular weight excluding hydrogens is 368 g/mol. The average Bonchev–Trinajstić information content (AvgIpc) is 3.25. The summed E-state index contributed by atoms with van der Waals surface area (Å²) in [5.41, 5.74) is 0.797. The molecule has 27 heavy (non-hydrogen) atoms. The lowest BCUT2D eigenvalue weighted by atomic mass is 9.87. The number of aromatic nitrogens is 2. The van der Waals surface area contributed by atoms with Gasteiger partial charge in [-0.05, 0) is 18.8 Å². The van der Waals surface area contributed by atoms with Gasteiger partial charge in [-0.15, -0.1) is 0 Å².